The van der Waals surface area contributed by atoms with Gasteiger partial charge in [0.15, 0.2) is 17.5 Å². The van der Waals surface area contributed by atoms with Crippen LogP contribution >= 0.6 is 0 Å². The average Bonchev–Trinajstić information content (AvgIpc) is 3.78. The molecule has 8 aromatic carbocycles. The third-order valence-electron chi connectivity index (χ3n) is 10.1. The van der Waals surface area contributed by atoms with Crippen molar-refractivity contribution in [3.8, 4) is 45.3 Å². The van der Waals surface area contributed by atoms with Gasteiger partial charge in [0.1, 0.15) is 22.3 Å². The van der Waals surface area contributed by atoms with Crippen molar-refractivity contribution in [2.24, 2.45) is 0 Å². The first-order valence-electron chi connectivity index (χ1n) is 17.3. The highest BCUT2D eigenvalue weighted by Crippen LogP contribution is 2.41. The van der Waals surface area contributed by atoms with E-state index < -0.39 is 0 Å². The van der Waals surface area contributed by atoms with E-state index in [0.717, 1.165) is 87.9 Å². The molecule has 0 saturated heterocycles. The lowest BCUT2D eigenvalue weighted by Crippen LogP contribution is -2.00. The first kappa shape index (κ1) is 28.7. The van der Waals surface area contributed by atoms with Gasteiger partial charge < -0.3 is 8.83 Å². The third kappa shape index (κ3) is 4.53. The number of fused-ring (bicyclic) bond motifs is 9. The highest BCUT2D eigenvalue weighted by molar-refractivity contribution is 6.22. The van der Waals surface area contributed by atoms with Crippen molar-refractivity contribution >= 4 is 65.4 Å². The number of rotatable bonds is 4. The standard InChI is InChI=1S/C47H27N3O2/c1-2-11-29(12-3-1)38-27-43-44(37-16-7-6-14-34(37)38)39-25-32(21-23-41(39)52-43)46-48-45(31-19-18-28-10-4-5-13-30(28)24-31)49-47(50-46)33-20-22-36-35-15-8-9-17-40(35)51-42(36)26-33/h1-27H. The minimum atomic E-state index is 0.575. The van der Waals surface area contributed by atoms with E-state index in [4.69, 9.17) is 23.8 Å². The summed E-state index contributed by atoms with van der Waals surface area (Å²) < 4.78 is 12.8. The molecular weight excluding hydrogens is 639 g/mol. The van der Waals surface area contributed by atoms with Gasteiger partial charge in [-0.3, -0.25) is 0 Å². The van der Waals surface area contributed by atoms with Crippen LogP contribution in [0.2, 0.25) is 0 Å². The fourth-order valence-corrected chi connectivity index (χ4v) is 7.59. The molecule has 0 saturated carbocycles. The SMILES string of the molecule is c1ccc(-c2cc3oc4ccc(-c5nc(-c6ccc7ccccc7c6)nc(-c6ccc7c(c6)oc6ccccc67)n5)cc4c3c3ccccc23)cc1. The molecule has 0 aliphatic carbocycles. The summed E-state index contributed by atoms with van der Waals surface area (Å²) in [6, 6.07) is 56.4. The minimum Gasteiger partial charge on any atom is -0.456 e. The van der Waals surface area contributed by atoms with Crippen LogP contribution in [0.4, 0.5) is 0 Å². The maximum absolute atomic E-state index is 6.54. The molecule has 11 aromatic rings. The maximum atomic E-state index is 6.54. The van der Waals surface area contributed by atoms with Gasteiger partial charge in [0.2, 0.25) is 0 Å². The van der Waals surface area contributed by atoms with Crippen LogP contribution in [-0.4, -0.2) is 15.0 Å². The Morgan fingerprint density at radius 2 is 0.885 bits per heavy atom. The largest absolute Gasteiger partial charge is 0.456 e. The predicted molar refractivity (Wildman–Crippen MR) is 211 cm³/mol. The number of hydrogen-bond acceptors (Lipinski definition) is 5. The average molecular weight is 666 g/mol. The summed E-state index contributed by atoms with van der Waals surface area (Å²) >= 11 is 0. The third-order valence-corrected chi connectivity index (χ3v) is 10.1. The topological polar surface area (TPSA) is 65.0 Å². The number of para-hydroxylation sites is 1. The molecule has 0 unspecified atom stereocenters. The number of benzene rings is 8. The van der Waals surface area contributed by atoms with Gasteiger partial charge in [-0.2, -0.15) is 0 Å². The molecule has 242 valence electrons. The van der Waals surface area contributed by atoms with Gasteiger partial charge in [0, 0.05) is 38.2 Å². The first-order chi connectivity index (χ1) is 25.7. The Morgan fingerprint density at radius 1 is 0.308 bits per heavy atom. The second-order valence-electron chi connectivity index (χ2n) is 13.2. The summed E-state index contributed by atoms with van der Waals surface area (Å²) in [5.41, 5.74) is 8.25. The normalized spacial score (nSPS) is 11.8. The monoisotopic (exact) mass is 665 g/mol. The second kappa shape index (κ2) is 11.2. The van der Waals surface area contributed by atoms with Crippen LogP contribution in [0.1, 0.15) is 0 Å². The Labute approximate surface area is 297 Å². The van der Waals surface area contributed by atoms with Crippen molar-refractivity contribution in [2.45, 2.75) is 0 Å². The fourth-order valence-electron chi connectivity index (χ4n) is 7.59. The molecule has 5 heteroatoms. The van der Waals surface area contributed by atoms with Gasteiger partial charge in [-0.25, -0.2) is 15.0 Å². The van der Waals surface area contributed by atoms with Crippen LogP contribution in [0, 0.1) is 0 Å². The molecule has 3 heterocycles. The Kier molecular flexibility index (Phi) is 6.18. The highest BCUT2D eigenvalue weighted by atomic mass is 16.3. The molecule has 0 N–H and O–H groups in total. The van der Waals surface area contributed by atoms with Crippen molar-refractivity contribution in [1.29, 1.82) is 0 Å². The van der Waals surface area contributed by atoms with Gasteiger partial charge in [-0.15, -0.1) is 0 Å². The molecule has 0 aliphatic rings. The Morgan fingerprint density at radius 3 is 1.71 bits per heavy atom. The number of aromatic nitrogens is 3. The zero-order valence-electron chi connectivity index (χ0n) is 27.7. The van der Waals surface area contributed by atoms with E-state index in [-0.39, 0.29) is 0 Å². The molecule has 0 spiro atoms. The zero-order chi connectivity index (χ0) is 34.2. The van der Waals surface area contributed by atoms with Gasteiger partial charge >= 0.3 is 0 Å². The summed E-state index contributed by atoms with van der Waals surface area (Å²) in [6.07, 6.45) is 0. The van der Waals surface area contributed by atoms with Gasteiger partial charge in [-0.05, 0) is 81.2 Å². The minimum absolute atomic E-state index is 0.575. The van der Waals surface area contributed by atoms with E-state index in [1.54, 1.807) is 0 Å². The van der Waals surface area contributed by atoms with Crippen LogP contribution < -0.4 is 0 Å². The summed E-state index contributed by atoms with van der Waals surface area (Å²) in [6.45, 7) is 0. The molecule has 11 rings (SSSR count). The van der Waals surface area contributed by atoms with Crippen LogP contribution in [0.3, 0.4) is 0 Å². The first-order valence-corrected chi connectivity index (χ1v) is 17.3. The lowest BCUT2D eigenvalue weighted by atomic mass is 9.95. The zero-order valence-corrected chi connectivity index (χ0v) is 27.7. The molecular formula is C47H27N3O2. The summed E-state index contributed by atoms with van der Waals surface area (Å²) in [5, 5.41) is 8.84. The number of nitrogens with zero attached hydrogens (tertiary/aromatic N) is 3. The molecule has 0 aliphatic heterocycles. The van der Waals surface area contributed by atoms with Crippen LogP contribution in [0.5, 0.6) is 0 Å². The molecule has 3 aromatic heterocycles. The van der Waals surface area contributed by atoms with Crippen LogP contribution in [0.25, 0.3) is 111 Å². The molecule has 0 bridgehead atoms. The highest BCUT2D eigenvalue weighted by Gasteiger charge is 2.19. The molecule has 0 amide bonds. The Hall–Kier alpha value is -7.11. The lowest BCUT2D eigenvalue weighted by molar-refractivity contribution is 0.668. The van der Waals surface area contributed by atoms with Crippen LogP contribution in [-0.2, 0) is 0 Å². The van der Waals surface area contributed by atoms with Crippen LogP contribution in [0.15, 0.2) is 173 Å². The number of furan rings is 2. The lowest BCUT2D eigenvalue weighted by Gasteiger charge is -2.10. The van der Waals surface area contributed by atoms with E-state index >= 15 is 0 Å². The van der Waals surface area contributed by atoms with E-state index in [1.807, 2.05) is 42.5 Å². The summed E-state index contributed by atoms with van der Waals surface area (Å²) in [7, 11) is 0. The smallest absolute Gasteiger partial charge is 0.164 e. The predicted octanol–water partition coefficient (Wildman–Crippen LogP) is 12.6. The van der Waals surface area contributed by atoms with Gasteiger partial charge in [-0.1, -0.05) is 115 Å². The Balaban J connectivity index is 1.13. The van der Waals surface area contributed by atoms with Crippen molar-refractivity contribution in [3.05, 3.63) is 164 Å². The number of hydrogen-bond donors (Lipinski definition) is 0. The van der Waals surface area contributed by atoms with Crippen molar-refractivity contribution in [2.75, 3.05) is 0 Å². The molecule has 52 heavy (non-hydrogen) atoms. The van der Waals surface area contributed by atoms with E-state index in [2.05, 4.69) is 121 Å². The maximum Gasteiger partial charge on any atom is 0.164 e. The molecule has 0 radical (unpaired) electrons. The van der Waals surface area contributed by atoms with Crippen molar-refractivity contribution in [3.63, 3.8) is 0 Å². The van der Waals surface area contributed by atoms with Crippen molar-refractivity contribution < 1.29 is 8.83 Å². The molecule has 0 atom stereocenters. The Bertz CT molecular complexity index is 3190. The van der Waals surface area contributed by atoms with Crippen molar-refractivity contribution in [1.82, 2.24) is 15.0 Å². The summed E-state index contributed by atoms with van der Waals surface area (Å²) in [5.74, 6) is 1.76. The van der Waals surface area contributed by atoms with E-state index in [9.17, 15) is 0 Å². The second-order valence-corrected chi connectivity index (χ2v) is 13.2. The van der Waals surface area contributed by atoms with Gasteiger partial charge in [0.05, 0.1) is 0 Å². The quantitative estimate of drug-likeness (QED) is 0.187. The molecule has 0 fully saturated rings. The van der Waals surface area contributed by atoms with E-state index in [0.29, 0.717) is 17.5 Å². The van der Waals surface area contributed by atoms with Gasteiger partial charge in [0.25, 0.3) is 0 Å². The molecule has 5 nitrogen and oxygen atoms in total. The summed E-state index contributed by atoms with van der Waals surface area (Å²) in [4.78, 5) is 15.3. The fraction of sp³-hybridized carbons (Fsp3) is 0. The van der Waals surface area contributed by atoms with E-state index in [1.165, 1.54) is 5.39 Å².